The summed E-state index contributed by atoms with van der Waals surface area (Å²) >= 11 is 5.94. The van der Waals surface area contributed by atoms with Gasteiger partial charge in [-0.05, 0) is 55.2 Å². The van der Waals surface area contributed by atoms with Gasteiger partial charge in [0.1, 0.15) is 0 Å². The van der Waals surface area contributed by atoms with Crippen molar-refractivity contribution >= 4 is 23.4 Å². The molecule has 1 aliphatic heterocycles. The zero-order chi connectivity index (χ0) is 21.6. The van der Waals surface area contributed by atoms with Crippen molar-refractivity contribution in [3.63, 3.8) is 0 Å². The van der Waals surface area contributed by atoms with Crippen molar-refractivity contribution in [2.24, 2.45) is 5.92 Å². The predicted octanol–water partition coefficient (Wildman–Crippen LogP) is 3.37. The molecule has 164 valence electrons. The van der Waals surface area contributed by atoms with E-state index in [0.717, 1.165) is 18.5 Å². The predicted molar refractivity (Wildman–Crippen MR) is 121 cm³/mol. The van der Waals surface area contributed by atoms with E-state index in [1.54, 1.807) is 30.5 Å². The average Bonchev–Trinajstić information content (AvgIpc) is 3.33. The van der Waals surface area contributed by atoms with E-state index >= 15 is 0 Å². The van der Waals surface area contributed by atoms with Gasteiger partial charge in [-0.25, -0.2) is 0 Å². The minimum atomic E-state index is -0.140. The molecule has 2 heterocycles. The number of nitrogens with one attached hydrogen (secondary N) is 1. The maximum atomic E-state index is 13.2. The molecule has 7 heteroatoms. The number of hydrogen-bond donors (Lipinski definition) is 1. The van der Waals surface area contributed by atoms with Gasteiger partial charge in [0, 0.05) is 43.0 Å². The van der Waals surface area contributed by atoms with Crippen molar-refractivity contribution in [1.29, 1.82) is 0 Å². The van der Waals surface area contributed by atoms with Gasteiger partial charge in [-0.2, -0.15) is 0 Å². The third-order valence-electron chi connectivity index (χ3n) is 6.37. The summed E-state index contributed by atoms with van der Waals surface area (Å²) < 4.78 is 0. The molecule has 0 bridgehead atoms. The Balaban J connectivity index is 1.38. The molecular weight excluding hydrogens is 412 g/mol. The molecule has 1 aromatic carbocycles. The van der Waals surface area contributed by atoms with E-state index in [-0.39, 0.29) is 17.9 Å². The summed E-state index contributed by atoms with van der Waals surface area (Å²) in [6.45, 7) is 3.10. The smallest absolute Gasteiger partial charge is 0.253 e. The number of benzene rings is 1. The van der Waals surface area contributed by atoms with E-state index < -0.39 is 0 Å². The quantitative estimate of drug-likeness (QED) is 0.747. The van der Waals surface area contributed by atoms with Crippen LogP contribution in [0.2, 0.25) is 5.02 Å². The van der Waals surface area contributed by atoms with Gasteiger partial charge in [-0.3, -0.25) is 19.5 Å². The molecule has 1 N–H and O–H groups in total. The van der Waals surface area contributed by atoms with Gasteiger partial charge in [0.15, 0.2) is 0 Å². The highest BCUT2D eigenvalue weighted by molar-refractivity contribution is 6.30. The third-order valence-corrected chi connectivity index (χ3v) is 6.62. The van der Waals surface area contributed by atoms with Gasteiger partial charge < -0.3 is 10.2 Å². The van der Waals surface area contributed by atoms with E-state index in [2.05, 4.69) is 15.2 Å². The van der Waals surface area contributed by atoms with Crippen molar-refractivity contribution in [2.45, 2.75) is 38.3 Å². The van der Waals surface area contributed by atoms with E-state index in [4.69, 9.17) is 11.6 Å². The highest BCUT2D eigenvalue weighted by atomic mass is 35.5. The van der Waals surface area contributed by atoms with Crippen LogP contribution in [0.4, 0.5) is 0 Å². The Morgan fingerprint density at radius 2 is 1.74 bits per heavy atom. The van der Waals surface area contributed by atoms with E-state index in [9.17, 15) is 9.59 Å². The molecule has 1 saturated heterocycles. The first kappa shape index (κ1) is 21.8. The molecule has 1 saturated carbocycles. The number of piperazine rings is 1. The summed E-state index contributed by atoms with van der Waals surface area (Å²) in [7, 11) is 0. The Labute approximate surface area is 188 Å². The van der Waals surface area contributed by atoms with Crippen LogP contribution in [-0.2, 0) is 11.3 Å². The van der Waals surface area contributed by atoms with Crippen molar-refractivity contribution in [3.05, 3.63) is 64.9 Å². The van der Waals surface area contributed by atoms with Crippen LogP contribution in [0.15, 0.2) is 48.7 Å². The highest BCUT2D eigenvalue weighted by Gasteiger charge is 2.37. The molecule has 2 aliphatic rings. The van der Waals surface area contributed by atoms with Crippen LogP contribution in [-0.4, -0.2) is 58.8 Å². The van der Waals surface area contributed by atoms with Gasteiger partial charge in [0.05, 0.1) is 18.3 Å². The Kier molecular flexibility index (Phi) is 7.20. The second-order valence-corrected chi connectivity index (χ2v) is 8.80. The van der Waals surface area contributed by atoms with Gasteiger partial charge in [-0.15, -0.1) is 0 Å². The standard InChI is InChI=1S/C24H29ClN4O2/c25-20-10-8-19(9-11-20)24(31)29-15-13-28(14-16-29)22(18-5-1-2-6-18)23(30)27-17-21-7-3-4-12-26-21/h3-4,7-12,18,22H,1-2,5-6,13-17H2,(H,27,30)/t22-/m0/s1. The lowest BCUT2D eigenvalue weighted by Gasteiger charge is -2.40. The SMILES string of the molecule is O=C(NCc1ccccn1)[C@H](C1CCCC1)N1CCN(C(=O)c2ccc(Cl)cc2)CC1. The summed E-state index contributed by atoms with van der Waals surface area (Å²) in [5, 5.41) is 3.72. The number of carbonyl (C=O) groups excluding carboxylic acids is 2. The number of carbonyl (C=O) groups is 2. The zero-order valence-electron chi connectivity index (χ0n) is 17.7. The van der Waals surface area contributed by atoms with E-state index in [0.29, 0.717) is 49.2 Å². The van der Waals surface area contributed by atoms with E-state index in [1.165, 1.54) is 12.8 Å². The molecule has 6 nitrogen and oxygen atoms in total. The van der Waals surface area contributed by atoms with Crippen LogP contribution in [0.3, 0.4) is 0 Å². The molecular formula is C24H29ClN4O2. The van der Waals surface area contributed by atoms with Gasteiger partial charge in [0.25, 0.3) is 5.91 Å². The van der Waals surface area contributed by atoms with Crippen LogP contribution in [0.25, 0.3) is 0 Å². The fourth-order valence-electron chi connectivity index (χ4n) is 4.71. The average molecular weight is 441 g/mol. The lowest BCUT2D eigenvalue weighted by Crippen LogP contribution is -2.57. The van der Waals surface area contributed by atoms with Crippen LogP contribution >= 0.6 is 11.6 Å². The lowest BCUT2D eigenvalue weighted by atomic mass is 9.95. The molecule has 31 heavy (non-hydrogen) atoms. The molecule has 2 fully saturated rings. The van der Waals surface area contributed by atoms with E-state index in [1.807, 2.05) is 23.1 Å². The highest BCUT2D eigenvalue weighted by Crippen LogP contribution is 2.31. The van der Waals surface area contributed by atoms with Crippen molar-refractivity contribution in [1.82, 2.24) is 20.1 Å². The normalized spacial score (nSPS) is 18.7. The summed E-state index contributed by atoms with van der Waals surface area (Å²) in [4.78, 5) is 34.5. The van der Waals surface area contributed by atoms with Crippen LogP contribution in [0.1, 0.15) is 41.7 Å². The fraction of sp³-hybridized carbons (Fsp3) is 0.458. The molecule has 0 radical (unpaired) electrons. The Morgan fingerprint density at radius 1 is 1.03 bits per heavy atom. The van der Waals surface area contributed by atoms with Crippen LogP contribution in [0, 0.1) is 5.92 Å². The largest absolute Gasteiger partial charge is 0.349 e. The minimum absolute atomic E-state index is 0.0216. The number of aromatic nitrogens is 1. The number of pyridine rings is 1. The van der Waals surface area contributed by atoms with Crippen molar-refractivity contribution in [3.8, 4) is 0 Å². The summed E-state index contributed by atoms with van der Waals surface area (Å²) in [5.74, 6) is 0.477. The zero-order valence-corrected chi connectivity index (χ0v) is 18.4. The Hall–Kier alpha value is -2.44. The first-order chi connectivity index (χ1) is 15.1. The maximum Gasteiger partial charge on any atom is 0.253 e. The Bertz CT molecular complexity index is 876. The van der Waals surface area contributed by atoms with Crippen molar-refractivity contribution < 1.29 is 9.59 Å². The van der Waals surface area contributed by atoms with Gasteiger partial charge in [0.2, 0.25) is 5.91 Å². The number of halogens is 1. The topological polar surface area (TPSA) is 65.5 Å². The second-order valence-electron chi connectivity index (χ2n) is 8.36. The number of hydrogen-bond acceptors (Lipinski definition) is 4. The first-order valence-electron chi connectivity index (χ1n) is 11.1. The van der Waals surface area contributed by atoms with Crippen LogP contribution < -0.4 is 5.32 Å². The lowest BCUT2D eigenvalue weighted by molar-refractivity contribution is -0.129. The Morgan fingerprint density at radius 3 is 2.39 bits per heavy atom. The summed E-state index contributed by atoms with van der Waals surface area (Å²) in [6, 6.07) is 12.6. The fourth-order valence-corrected chi connectivity index (χ4v) is 4.84. The summed E-state index contributed by atoms with van der Waals surface area (Å²) in [5.41, 5.74) is 1.51. The van der Waals surface area contributed by atoms with Crippen LogP contribution in [0.5, 0.6) is 0 Å². The number of nitrogens with zero attached hydrogens (tertiary/aromatic N) is 3. The molecule has 0 spiro atoms. The second kappa shape index (κ2) is 10.2. The molecule has 2 aromatic rings. The number of amides is 2. The van der Waals surface area contributed by atoms with Gasteiger partial charge >= 0.3 is 0 Å². The molecule has 4 rings (SSSR count). The summed E-state index contributed by atoms with van der Waals surface area (Å²) in [6.07, 6.45) is 6.29. The molecule has 1 atom stereocenters. The molecule has 0 unspecified atom stereocenters. The monoisotopic (exact) mass is 440 g/mol. The van der Waals surface area contributed by atoms with Crippen molar-refractivity contribution in [2.75, 3.05) is 26.2 Å². The third kappa shape index (κ3) is 5.43. The molecule has 1 aliphatic carbocycles. The molecule has 1 aromatic heterocycles. The first-order valence-corrected chi connectivity index (χ1v) is 11.5. The molecule has 2 amide bonds. The van der Waals surface area contributed by atoms with Gasteiger partial charge in [-0.1, -0.05) is 30.5 Å². The minimum Gasteiger partial charge on any atom is -0.349 e. The maximum absolute atomic E-state index is 13.2. The number of rotatable bonds is 6.